The second-order valence-corrected chi connectivity index (χ2v) is 8.26. The Labute approximate surface area is 183 Å². The summed E-state index contributed by atoms with van der Waals surface area (Å²) in [5.74, 6) is 0.367. The second-order valence-electron chi connectivity index (χ2n) is 8.26. The van der Waals surface area contributed by atoms with Crippen LogP contribution >= 0.6 is 0 Å². The number of aliphatic hydroxyl groups is 1. The number of amides is 2. The van der Waals surface area contributed by atoms with E-state index in [-0.39, 0.29) is 30.7 Å². The number of imide groups is 1. The average Bonchev–Trinajstić information content (AvgIpc) is 2.99. The van der Waals surface area contributed by atoms with Crippen LogP contribution in [0.15, 0.2) is 48.2 Å². The SMILES string of the molecule is Cc1cccc(N2C(=O)C(c3ccc(OCC(C)C)cc3)=C(N(C)CCO)C2=O)c1C. The van der Waals surface area contributed by atoms with E-state index in [2.05, 4.69) is 13.8 Å². The lowest BCUT2D eigenvalue weighted by Crippen LogP contribution is -2.35. The number of aryl methyl sites for hydroxylation is 1. The molecule has 6 heteroatoms. The summed E-state index contributed by atoms with van der Waals surface area (Å²) in [5.41, 5.74) is 3.73. The van der Waals surface area contributed by atoms with Gasteiger partial charge in [-0.3, -0.25) is 9.59 Å². The van der Waals surface area contributed by atoms with E-state index in [0.29, 0.717) is 35.1 Å². The van der Waals surface area contributed by atoms with Crippen molar-refractivity contribution in [3.8, 4) is 5.75 Å². The minimum atomic E-state index is -0.384. The Morgan fingerprint density at radius 3 is 2.32 bits per heavy atom. The number of carbonyl (C=O) groups is 2. The quantitative estimate of drug-likeness (QED) is 0.659. The van der Waals surface area contributed by atoms with Gasteiger partial charge >= 0.3 is 0 Å². The van der Waals surface area contributed by atoms with Crippen molar-refractivity contribution in [2.75, 3.05) is 31.7 Å². The minimum absolute atomic E-state index is 0.125. The summed E-state index contributed by atoms with van der Waals surface area (Å²) in [6.45, 7) is 8.73. The largest absolute Gasteiger partial charge is 0.493 e. The highest BCUT2D eigenvalue weighted by Gasteiger charge is 2.42. The van der Waals surface area contributed by atoms with Crippen LogP contribution < -0.4 is 9.64 Å². The van der Waals surface area contributed by atoms with Gasteiger partial charge in [-0.15, -0.1) is 0 Å². The monoisotopic (exact) mass is 422 g/mol. The predicted octanol–water partition coefficient (Wildman–Crippen LogP) is 3.55. The number of nitrogens with zero attached hydrogens (tertiary/aromatic N) is 2. The summed E-state index contributed by atoms with van der Waals surface area (Å²) in [6.07, 6.45) is 0. The molecule has 2 amide bonds. The number of hydrogen-bond acceptors (Lipinski definition) is 5. The third-order valence-electron chi connectivity index (χ3n) is 5.42. The molecule has 1 aliphatic heterocycles. The van der Waals surface area contributed by atoms with Crippen LogP contribution in [-0.4, -0.2) is 48.6 Å². The molecule has 3 rings (SSSR count). The molecule has 0 unspecified atom stereocenters. The van der Waals surface area contributed by atoms with Crippen LogP contribution in [0.5, 0.6) is 5.75 Å². The highest BCUT2D eigenvalue weighted by atomic mass is 16.5. The van der Waals surface area contributed by atoms with E-state index < -0.39 is 0 Å². The molecule has 0 aromatic heterocycles. The van der Waals surface area contributed by atoms with Gasteiger partial charge in [0.1, 0.15) is 11.4 Å². The summed E-state index contributed by atoms with van der Waals surface area (Å²) in [4.78, 5) is 29.8. The maximum atomic E-state index is 13.5. The van der Waals surface area contributed by atoms with E-state index >= 15 is 0 Å². The number of aliphatic hydroxyl groups excluding tert-OH is 1. The number of ether oxygens (including phenoxy) is 1. The number of hydrogen-bond donors (Lipinski definition) is 1. The molecule has 0 radical (unpaired) electrons. The van der Waals surface area contributed by atoms with Crippen LogP contribution in [0.3, 0.4) is 0 Å². The summed E-state index contributed by atoms with van der Waals surface area (Å²) >= 11 is 0. The zero-order chi connectivity index (χ0) is 22.7. The van der Waals surface area contributed by atoms with E-state index in [1.807, 2.05) is 38.1 Å². The average molecular weight is 423 g/mol. The van der Waals surface area contributed by atoms with Gasteiger partial charge < -0.3 is 14.7 Å². The highest BCUT2D eigenvalue weighted by molar-refractivity contribution is 6.45. The van der Waals surface area contributed by atoms with Gasteiger partial charge in [0.2, 0.25) is 0 Å². The summed E-state index contributed by atoms with van der Waals surface area (Å²) < 4.78 is 5.74. The van der Waals surface area contributed by atoms with Crippen molar-refractivity contribution in [3.05, 3.63) is 64.9 Å². The topological polar surface area (TPSA) is 70.1 Å². The first-order chi connectivity index (χ1) is 14.8. The smallest absolute Gasteiger partial charge is 0.282 e. The van der Waals surface area contributed by atoms with Crippen LogP contribution in [0, 0.1) is 19.8 Å². The van der Waals surface area contributed by atoms with Crippen molar-refractivity contribution in [1.29, 1.82) is 0 Å². The Kier molecular flexibility index (Phi) is 6.81. The fourth-order valence-corrected chi connectivity index (χ4v) is 3.57. The summed E-state index contributed by atoms with van der Waals surface area (Å²) in [5, 5.41) is 9.42. The van der Waals surface area contributed by atoms with E-state index in [4.69, 9.17) is 4.74 Å². The van der Waals surface area contributed by atoms with Gasteiger partial charge in [0.15, 0.2) is 0 Å². The number of likely N-dealkylation sites (N-methyl/N-ethyl adjacent to an activating group) is 1. The molecule has 2 aromatic rings. The first-order valence-electron chi connectivity index (χ1n) is 10.5. The maximum absolute atomic E-state index is 13.5. The highest BCUT2D eigenvalue weighted by Crippen LogP contribution is 2.36. The molecular formula is C25H30N2O4. The lowest BCUT2D eigenvalue weighted by Gasteiger charge is -2.21. The number of rotatable bonds is 8. The molecule has 0 saturated heterocycles. The normalized spacial score (nSPS) is 14.1. The molecule has 0 aliphatic carbocycles. The molecular weight excluding hydrogens is 392 g/mol. The standard InChI is InChI=1S/C25H30N2O4/c1-16(2)15-31-20-11-9-19(10-12-20)22-23(26(5)13-14-28)25(30)27(24(22)29)21-8-6-7-17(3)18(21)4/h6-12,16,28H,13-15H2,1-5H3. The van der Waals surface area contributed by atoms with Gasteiger partial charge in [0.05, 0.1) is 24.5 Å². The molecule has 1 heterocycles. The van der Waals surface area contributed by atoms with Gasteiger partial charge in [-0.25, -0.2) is 4.90 Å². The Morgan fingerprint density at radius 2 is 1.71 bits per heavy atom. The van der Waals surface area contributed by atoms with Gasteiger partial charge in [-0.05, 0) is 54.7 Å². The molecule has 1 N–H and O–H groups in total. The fraction of sp³-hybridized carbons (Fsp3) is 0.360. The van der Waals surface area contributed by atoms with Crippen molar-refractivity contribution in [1.82, 2.24) is 4.90 Å². The molecule has 0 fully saturated rings. The molecule has 1 aliphatic rings. The summed E-state index contributed by atoms with van der Waals surface area (Å²) in [6, 6.07) is 12.8. The third kappa shape index (κ3) is 4.49. The zero-order valence-corrected chi connectivity index (χ0v) is 18.8. The number of anilines is 1. The van der Waals surface area contributed by atoms with Crippen LogP contribution in [0.25, 0.3) is 5.57 Å². The number of carbonyl (C=O) groups excluding carboxylic acids is 2. The van der Waals surface area contributed by atoms with E-state index in [1.54, 1.807) is 30.1 Å². The molecule has 6 nitrogen and oxygen atoms in total. The van der Waals surface area contributed by atoms with Crippen molar-refractivity contribution in [2.24, 2.45) is 5.92 Å². The van der Waals surface area contributed by atoms with Gasteiger partial charge in [0.25, 0.3) is 11.8 Å². The minimum Gasteiger partial charge on any atom is -0.493 e. The van der Waals surface area contributed by atoms with Gasteiger partial charge in [-0.1, -0.05) is 38.1 Å². The van der Waals surface area contributed by atoms with E-state index in [0.717, 1.165) is 11.1 Å². The Bertz CT molecular complexity index is 1010. The van der Waals surface area contributed by atoms with E-state index in [1.165, 1.54) is 4.90 Å². The van der Waals surface area contributed by atoms with Crippen LogP contribution in [-0.2, 0) is 9.59 Å². The number of benzene rings is 2. The van der Waals surface area contributed by atoms with Crippen LogP contribution in [0.1, 0.15) is 30.5 Å². The lowest BCUT2D eigenvalue weighted by molar-refractivity contribution is -0.120. The Morgan fingerprint density at radius 1 is 1.03 bits per heavy atom. The molecule has 164 valence electrons. The fourth-order valence-electron chi connectivity index (χ4n) is 3.57. The first kappa shape index (κ1) is 22.6. The van der Waals surface area contributed by atoms with Crippen LogP contribution in [0.4, 0.5) is 5.69 Å². The molecule has 2 aromatic carbocycles. The predicted molar refractivity (Wildman–Crippen MR) is 122 cm³/mol. The molecule has 31 heavy (non-hydrogen) atoms. The van der Waals surface area contributed by atoms with Crippen molar-refractivity contribution in [2.45, 2.75) is 27.7 Å². The Balaban J connectivity index is 2.04. The van der Waals surface area contributed by atoms with Gasteiger partial charge in [0, 0.05) is 13.6 Å². The lowest BCUT2D eigenvalue weighted by atomic mass is 10.0. The van der Waals surface area contributed by atoms with Crippen LogP contribution in [0.2, 0.25) is 0 Å². The molecule has 0 bridgehead atoms. The van der Waals surface area contributed by atoms with Gasteiger partial charge in [-0.2, -0.15) is 0 Å². The van der Waals surface area contributed by atoms with E-state index in [9.17, 15) is 14.7 Å². The third-order valence-corrected chi connectivity index (χ3v) is 5.42. The first-order valence-corrected chi connectivity index (χ1v) is 10.5. The van der Waals surface area contributed by atoms with Crippen molar-refractivity contribution >= 4 is 23.1 Å². The zero-order valence-electron chi connectivity index (χ0n) is 18.8. The second kappa shape index (κ2) is 9.35. The van der Waals surface area contributed by atoms with Crippen molar-refractivity contribution < 1.29 is 19.4 Å². The molecule has 0 atom stereocenters. The maximum Gasteiger partial charge on any atom is 0.282 e. The Hall–Kier alpha value is -3.12. The van der Waals surface area contributed by atoms with Crippen molar-refractivity contribution in [3.63, 3.8) is 0 Å². The molecule has 0 saturated carbocycles. The summed E-state index contributed by atoms with van der Waals surface area (Å²) in [7, 11) is 1.71. The molecule has 0 spiro atoms.